The van der Waals surface area contributed by atoms with Crippen LogP contribution in [0.25, 0.3) is 0 Å². The molecule has 1 aromatic heterocycles. The van der Waals surface area contributed by atoms with Crippen LogP contribution in [0.1, 0.15) is 46.3 Å². The number of nitrogens with one attached hydrogen (secondary N) is 1. The molecule has 1 aromatic carbocycles. The lowest BCUT2D eigenvalue weighted by Crippen LogP contribution is -2.51. The van der Waals surface area contributed by atoms with Crippen molar-refractivity contribution >= 4 is 11.9 Å². The van der Waals surface area contributed by atoms with Crippen LogP contribution in [0.2, 0.25) is 0 Å². The quantitative estimate of drug-likeness (QED) is 0.910. The van der Waals surface area contributed by atoms with Gasteiger partial charge in [-0.05, 0) is 36.0 Å². The molecular formula is C18H18N2O3. The van der Waals surface area contributed by atoms with Crippen molar-refractivity contribution in [1.82, 2.24) is 10.3 Å². The van der Waals surface area contributed by atoms with Crippen molar-refractivity contribution < 1.29 is 14.7 Å². The van der Waals surface area contributed by atoms with Crippen molar-refractivity contribution in [3.05, 3.63) is 65.5 Å². The summed E-state index contributed by atoms with van der Waals surface area (Å²) in [6.45, 7) is 2.19. The molecule has 1 heterocycles. The summed E-state index contributed by atoms with van der Waals surface area (Å²) in [6.07, 6.45) is 1.72. The van der Waals surface area contributed by atoms with Gasteiger partial charge in [0, 0.05) is 6.04 Å². The fourth-order valence-electron chi connectivity index (χ4n) is 3.15. The van der Waals surface area contributed by atoms with Gasteiger partial charge >= 0.3 is 5.97 Å². The Morgan fingerprint density at radius 2 is 1.74 bits per heavy atom. The van der Waals surface area contributed by atoms with Crippen LogP contribution in [0.3, 0.4) is 0 Å². The lowest BCUT2D eigenvalue weighted by molar-refractivity contribution is 0.0690. The first-order chi connectivity index (χ1) is 11.0. The number of aromatic carboxylic acids is 1. The standard InChI is InChI=1S/C18H18N2O3/c1-18(12-6-3-2-4-7-12)10-13(11-18)19-16(21)14-8-5-9-15(20-14)17(22)23/h2-9,13H,10-11H2,1H3,(H,19,21)(H,22,23). The number of carbonyl (C=O) groups excluding carboxylic acids is 1. The fraction of sp³-hybridized carbons (Fsp3) is 0.278. The number of hydrogen-bond acceptors (Lipinski definition) is 3. The Kier molecular flexibility index (Phi) is 3.86. The molecule has 1 amide bonds. The summed E-state index contributed by atoms with van der Waals surface area (Å²) < 4.78 is 0. The molecule has 0 radical (unpaired) electrons. The number of aromatic nitrogens is 1. The zero-order chi connectivity index (χ0) is 16.4. The summed E-state index contributed by atoms with van der Waals surface area (Å²) in [7, 11) is 0. The molecule has 1 aliphatic rings. The van der Waals surface area contributed by atoms with Gasteiger partial charge in [0.15, 0.2) is 0 Å². The molecule has 5 heteroatoms. The Bertz CT molecular complexity index is 737. The van der Waals surface area contributed by atoms with E-state index in [9.17, 15) is 9.59 Å². The summed E-state index contributed by atoms with van der Waals surface area (Å²) in [6, 6.07) is 14.8. The normalized spacial score (nSPS) is 22.9. The van der Waals surface area contributed by atoms with Gasteiger partial charge in [-0.3, -0.25) is 4.79 Å². The van der Waals surface area contributed by atoms with Crippen molar-refractivity contribution in [3.8, 4) is 0 Å². The molecule has 0 spiro atoms. The molecule has 3 rings (SSSR count). The van der Waals surface area contributed by atoms with Gasteiger partial charge in [0.25, 0.3) is 5.91 Å². The van der Waals surface area contributed by atoms with Crippen LogP contribution in [0.4, 0.5) is 0 Å². The maximum absolute atomic E-state index is 12.2. The van der Waals surface area contributed by atoms with Crippen molar-refractivity contribution in [2.45, 2.75) is 31.2 Å². The van der Waals surface area contributed by atoms with Crippen LogP contribution >= 0.6 is 0 Å². The molecule has 2 aromatic rings. The largest absolute Gasteiger partial charge is 0.477 e. The number of nitrogens with zero attached hydrogens (tertiary/aromatic N) is 1. The third-order valence-corrected chi connectivity index (χ3v) is 4.40. The minimum absolute atomic E-state index is 0.0789. The molecule has 0 bridgehead atoms. The van der Waals surface area contributed by atoms with Crippen LogP contribution in [0.15, 0.2) is 48.5 Å². The van der Waals surface area contributed by atoms with E-state index in [2.05, 4.69) is 29.4 Å². The first kappa shape index (κ1) is 15.2. The Morgan fingerprint density at radius 1 is 1.09 bits per heavy atom. The molecular weight excluding hydrogens is 292 g/mol. The Labute approximate surface area is 134 Å². The molecule has 0 unspecified atom stereocenters. The SMILES string of the molecule is CC1(c2ccccc2)CC(NC(=O)c2cccc(C(=O)O)n2)C1. The molecule has 1 fully saturated rings. The predicted molar refractivity (Wildman–Crippen MR) is 85.5 cm³/mol. The number of hydrogen-bond donors (Lipinski definition) is 2. The van der Waals surface area contributed by atoms with Crippen LogP contribution in [0.5, 0.6) is 0 Å². The highest BCUT2D eigenvalue weighted by atomic mass is 16.4. The highest BCUT2D eigenvalue weighted by Gasteiger charge is 2.42. The van der Waals surface area contributed by atoms with E-state index in [1.165, 1.54) is 23.8 Å². The van der Waals surface area contributed by atoms with Crippen molar-refractivity contribution in [1.29, 1.82) is 0 Å². The van der Waals surface area contributed by atoms with Crippen LogP contribution in [0, 0.1) is 0 Å². The van der Waals surface area contributed by atoms with Crippen LogP contribution < -0.4 is 5.32 Å². The number of amides is 1. The van der Waals surface area contributed by atoms with Gasteiger partial charge in [-0.1, -0.05) is 43.3 Å². The van der Waals surface area contributed by atoms with E-state index in [4.69, 9.17) is 5.11 Å². The number of carboxylic acid groups (broad SMARTS) is 1. The van der Waals surface area contributed by atoms with Gasteiger partial charge in [-0.15, -0.1) is 0 Å². The lowest BCUT2D eigenvalue weighted by Gasteiger charge is -2.46. The van der Waals surface area contributed by atoms with Crippen LogP contribution in [-0.4, -0.2) is 28.0 Å². The minimum atomic E-state index is -1.14. The summed E-state index contributed by atoms with van der Waals surface area (Å²) in [5.41, 5.74) is 1.37. The van der Waals surface area contributed by atoms with E-state index in [1.54, 1.807) is 0 Å². The number of carboxylic acids is 1. The fourth-order valence-corrected chi connectivity index (χ4v) is 3.15. The Hall–Kier alpha value is -2.69. The van der Waals surface area contributed by atoms with E-state index in [-0.39, 0.29) is 28.8 Å². The van der Waals surface area contributed by atoms with Crippen molar-refractivity contribution in [3.63, 3.8) is 0 Å². The van der Waals surface area contributed by atoms with Gasteiger partial charge in [-0.25, -0.2) is 9.78 Å². The van der Waals surface area contributed by atoms with Gasteiger partial charge in [0.05, 0.1) is 0 Å². The second-order valence-electron chi connectivity index (χ2n) is 6.22. The average molecular weight is 310 g/mol. The highest BCUT2D eigenvalue weighted by molar-refractivity contribution is 5.94. The van der Waals surface area contributed by atoms with E-state index < -0.39 is 5.97 Å². The van der Waals surface area contributed by atoms with E-state index >= 15 is 0 Å². The monoisotopic (exact) mass is 310 g/mol. The highest BCUT2D eigenvalue weighted by Crippen LogP contribution is 2.43. The van der Waals surface area contributed by atoms with E-state index in [0.717, 1.165) is 12.8 Å². The summed E-state index contributed by atoms with van der Waals surface area (Å²) >= 11 is 0. The van der Waals surface area contributed by atoms with Crippen molar-refractivity contribution in [2.75, 3.05) is 0 Å². The van der Waals surface area contributed by atoms with Crippen LogP contribution in [-0.2, 0) is 5.41 Å². The zero-order valence-corrected chi connectivity index (χ0v) is 12.8. The number of benzene rings is 1. The molecule has 0 saturated heterocycles. The molecule has 2 N–H and O–H groups in total. The molecule has 5 nitrogen and oxygen atoms in total. The Balaban J connectivity index is 1.63. The van der Waals surface area contributed by atoms with Gasteiger partial charge in [0.1, 0.15) is 11.4 Å². The smallest absolute Gasteiger partial charge is 0.354 e. The molecule has 23 heavy (non-hydrogen) atoms. The molecule has 0 atom stereocenters. The molecule has 1 aliphatic carbocycles. The van der Waals surface area contributed by atoms with Gasteiger partial charge in [0.2, 0.25) is 0 Å². The van der Waals surface area contributed by atoms with Gasteiger partial charge < -0.3 is 10.4 Å². The number of rotatable bonds is 4. The van der Waals surface area contributed by atoms with E-state index in [0.29, 0.717) is 0 Å². The van der Waals surface area contributed by atoms with Gasteiger partial charge in [-0.2, -0.15) is 0 Å². The maximum Gasteiger partial charge on any atom is 0.354 e. The summed E-state index contributed by atoms with van der Waals surface area (Å²) in [5, 5.41) is 11.9. The first-order valence-corrected chi connectivity index (χ1v) is 7.55. The topological polar surface area (TPSA) is 79.3 Å². The van der Waals surface area contributed by atoms with E-state index in [1.807, 2.05) is 18.2 Å². The first-order valence-electron chi connectivity index (χ1n) is 7.55. The second-order valence-corrected chi connectivity index (χ2v) is 6.22. The predicted octanol–water partition coefficient (Wildman–Crippen LogP) is 2.63. The third-order valence-electron chi connectivity index (χ3n) is 4.40. The summed E-state index contributed by atoms with van der Waals surface area (Å²) in [5.74, 6) is -1.46. The maximum atomic E-state index is 12.2. The second kappa shape index (κ2) is 5.83. The Morgan fingerprint density at radius 3 is 2.39 bits per heavy atom. The number of carbonyl (C=O) groups is 2. The summed E-state index contributed by atoms with van der Waals surface area (Å²) in [4.78, 5) is 27.0. The lowest BCUT2D eigenvalue weighted by atomic mass is 9.63. The zero-order valence-electron chi connectivity index (χ0n) is 12.8. The molecule has 0 aliphatic heterocycles. The molecule has 1 saturated carbocycles. The average Bonchev–Trinajstić information content (AvgIpc) is 2.54. The van der Waals surface area contributed by atoms with Crippen molar-refractivity contribution in [2.24, 2.45) is 0 Å². The third kappa shape index (κ3) is 3.08. The minimum Gasteiger partial charge on any atom is -0.477 e. The number of pyridine rings is 1. The molecule has 118 valence electrons.